The zero-order chi connectivity index (χ0) is 18.5. The number of rotatable bonds is 4. The van der Waals surface area contributed by atoms with Crippen molar-refractivity contribution in [3.05, 3.63) is 54.0 Å². The lowest BCUT2D eigenvalue weighted by Gasteiger charge is -2.13. The van der Waals surface area contributed by atoms with Gasteiger partial charge in [-0.1, -0.05) is 12.1 Å². The number of nitrogens with one attached hydrogen (secondary N) is 2. The Morgan fingerprint density at radius 3 is 2.75 bits per heavy atom. The molecular weight excluding hydrogens is 471 g/mol. The molecule has 2 aromatic heterocycles. The third-order valence-electron chi connectivity index (χ3n) is 4.29. The van der Waals surface area contributed by atoms with Gasteiger partial charge in [-0.25, -0.2) is 0 Å². The van der Waals surface area contributed by atoms with Crippen LogP contribution in [0.3, 0.4) is 0 Å². The molecule has 0 saturated heterocycles. The maximum atomic E-state index is 5.74. The number of aromatic nitrogens is 3. The monoisotopic (exact) mass is 494 g/mol. The van der Waals surface area contributed by atoms with Gasteiger partial charge >= 0.3 is 0 Å². The predicted molar refractivity (Wildman–Crippen MR) is 117 cm³/mol. The van der Waals surface area contributed by atoms with E-state index in [9.17, 15) is 0 Å². The highest BCUT2D eigenvalue weighted by atomic mass is 127. The number of ether oxygens (including phenoxy) is 2. The molecule has 3 aromatic rings. The first kappa shape index (κ1) is 20.2. The smallest absolute Gasteiger partial charge is 0.191 e. The second kappa shape index (κ2) is 9.58. The van der Waals surface area contributed by atoms with Crippen molar-refractivity contribution in [1.82, 2.24) is 25.2 Å². The average Bonchev–Trinajstić information content (AvgIpc) is 2.97. The molecule has 3 heterocycles. The number of halogens is 1. The van der Waals surface area contributed by atoms with E-state index in [1.807, 2.05) is 47.0 Å². The van der Waals surface area contributed by atoms with Crippen LogP contribution in [0.5, 0.6) is 11.5 Å². The van der Waals surface area contributed by atoms with E-state index in [-0.39, 0.29) is 24.0 Å². The van der Waals surface area contributed by atoms with E-state index < -0.39 is 0 Å². The lowest BCUT2D eigenvalue weighted by Crippen LogP contribution is -2.36. The van der Waals surface area contributed by atoms with Crippen molar-refractivity contribution in [2.75, 3.05) is 20.3 Å². The summed E-state index contributed by atoms with van der Waals surface area (Å²) in [4.78, 5) is 4.27. The van der Waals surface area contributed by atoms with E-state index in [1.54, 1.807) is 7.05 Å². The van der Waals surface area contributed by atoms with Crippen molar-refractivity contribution in [3.8, 4) is 11.5 Å². The van der Waals surface area contributed by atoms with E-state index in [0.29, 0.717) is 32.3 Å². The third-order valence-corrected chi connectivity index (χ3v) is 4.29. The highest BCUT2D eigenvalue weighted by Gasteiger charge is 2.11. The normalized spacial score (nSPS) is 13.5. The average molecular weight is 494 g/mol. The lowest BCUT2D eigenvalue weighted by molar-refractivity contribution is 0.297. The highest BCUT2D eigenvalue weighted by molar-refractivity contribution is 14.0. The number of pyridine rings is 1. The Morgan fingerprint density at radius 1 is 1.07 bits per heavy atom. The Hall–Kier alpha value is -2.56. The van der Waals surface area contributed by atoms with E-state index in [0.717, 1.165) is 35.0 Å². The van der Waals surface area contributed by atoms with Gasteiger partial charge in [0.25, 0.3) is 0 Å². The number of hydrogen-bond acceptors (Lipinski definition) is 5. The molecule has 148 valence electrons. The summed E-state index contributed by atoms with van der Waals surface area (Å²) in [6, 6.07) is 11.8. The van der Waals surface area contributed by atoms with Crippen molar-refractivity contribution < 1.29 is 9.47 Å². The molecule has 1 aliphatic rings. The van der Waals surface area contributed by atoms with Crippen LogP contribution in [-0.2, 0) is 13.1 Å². The molecule has 0 saturated carbocycles. The molecule has 1 aromatic carbocycles. The summed E-state index contributed by atoms with van der Waals surface area (Å²) in [6.07, 6.45) is 2.84. The molecular formula is C19H23IN6O2. The molecule has 0 atom stereocenters. The fraction of sp³-hybridized carbons (Fsp3) is 0.316. The zero-order valence-corrected chi connectivity index (χ0v) is 17.9. The van der Waals surface area contributed by atoms with Gasteiger partial charge in [0.2, 0.25) is 0 Å². The van der Waals surface area contributed by atoms with Crippen LogP contribution in [0, 0.1) is 0 Å². The summed E-state index contributed by atoms with van der Waals surface area (Å²) < 4.78 is 13.4. The van der Waals surface area contributed by atoms with Gasteiger partial charge in [-0.05, 0) is 29.8 Å². The minimum Gasteiger partial charge on any atom is -0.490 e. The summed E-state index contributed by atoms with van der Waals surface area (Å²) in [5.41, 5.74) is 1.92. The van der Waals surface area contributed by atoms with E-state index in [2.05, 4.69) is 25.8 Å². The summed E-state index contributed by atoms with van der Waals surface area (Å²) in [5.74, 6) is 3.11. The van der Waals surface area contributed by atoms with Gasteiger partial charge in [-0.15, -0.1) is 34.2 Å². The number of guanidine groups is 1. The molecule has 8 nitrogen and oxygen atoms in total. The van der Waals surface area contributed by atoms with Crippen molar-refractivity contribution in [3.63, 3.8) is 0 Å². The van der Waals surface area contributed by atoms with Gasteiger partial charge in [0.1, 0.15) is 0 Å². The molecule has 4 rings (SSSR count). The van der Waals surface area contributed by atoms with Crippen LogP contribution in [0.4, 0.5) is 0 Å². The standard InChI is InChI=1S/C19H22N6O2.HI/c1-20-19(22-13-18-24-23-17-5-2-3-8-25(17)18)21-12-14-6-7-15-16(11-14)27-10-4-9-26-15;/h2-3,5-8,11H,4,9-10,12-13H2,1H3,(H2,20,21,22);1H. The van der Waals surface area contributed by atoms with E-state index >= 15 is 0 Å². The summed E-state index contributed by atoms with van der Waals surface area (Å²) in [5, 5.41) is 14.9. The largest absolute Gasteiger partial charge is 0.490 e. The SMILES string of the molecule is CN=C(NCc1ccc2c(c1)OCCCO2)NCc1nnc2ccccn12.I. The van der Waals surface area contributed by atoms with Gasteiger partial charge in [0.15, 0.2) is 28.9 Å². The predicted octanol–water partition coefficient (Wildman–Crippen LogP) is 2.37. The second-order valence-electron chi connectivity index (χ2n) is 6.16. The first-order valence-electron chi connectivity index (χ1n) is 8.95. The molecule has 0 bridgehead atoms. The number of fused-ring (bicyclic) bond motifs is 2. The molecule has 0 radical (unpaired) electrons. The molecule has 0 amide bonds. The number of nitrogens with zero attached hydrogens (tertiary/aromatic N) is 4. The van der Waals surface area contributed by atoms with Crippen LogP contribution in [0.15, 0.2) is 47.6 Å². The summed E-state index contributed by atoms with van der Waals surface area (Å²) in [7, 11) is 1.74. The van der Waals surface area contributed by atoms with E-state index in [1.165, 1.54) is 0 Å². The number of benzene rings is 1. The third kappa shape index (κ3) is 4.64. The van der Waals surface area contributed by atoms with Gasteiger partial charge < -0.3 is 20.1 Å². The van der Waals surface area contributed by atoms with Gasteiger partial charge in [-0.2, -0.15) is 0 Å². The van der Waals surface area contributed by atoms with E-state index in [4.69, 9.17) is 9.47 Å². The highest BCUT2D eigenvalue weighted by Crippen LogP contribution is 2.30. The van der Waals surface area contributed by atoms with Crippen molar-refractivity contribution >= 4 is 35.6 Å². The van der Waals surface area contributed by atoms with Crippen LogP contribution in [0.2, 0.25) is 0 Å². The molecule has 0 fully saturated rings. The Labute approximate surface area is 180 Å². The molecule has 1 aliphatic heterocycles. The van der Waals surface area contributed by atoms with Crippen LogP contribution < -0.4 is 20.1 Å². The van der Waals surface area contributed by atoms with Crippen LogP contribution in [0.25, 0.3) is 5.65 Å². The minimum atomic E-state index is 0. The Balaban J connectivity index is 0.00000225. The fourth-order valence-corrected chi connectivity index (χ4v) is 2.90. The molecule has 9 heteroatoms. The maximum Gasteiger partial charge on any atom is 0.191 e. The van der Waals surface area contributed by atoms with Crippen molar-refractivity contribution in [2.45, 2.75) is 19.5 Å². The quantitative estimate of drug-likeness (QED) is 0.329. The Morgan fingerprint density at radius 2 is 1.89 bits per heavy atom. The van der Waals surface area contributed by atoms with Gasteiger partial charge in [-0.3, -0.25) is 9.39 Å². The maximum absolute atomic E-state index is 5.74. The Kier molecular flexibility index (Phi) is 6.90. The van der Waals surface area contributed by atoms with Crippen LogP contribution >= 0.6 is 24.0 Å². The first-order valence-corrected chi connectivity index (χ1v) is 8.95. The minimum absolute atomic E-state index is 0. The van der Waals surface area contributed by atoms with Crippen LogP contribution in [-0.4, -0.2) is 40.8 Å². The molecule has 0 aliphatic carbocycles. The summed E-state index contributed by atoms with van der Waals surface area (Å²) in [6.45, 7) is 2.51. The molecule has 2 N–H and O–H groups in total. The van der Waals surface area contributed by atoms with Crippen molar-refractivity contribution in [2.24, 2.45) is 4.99 Å². The van der Waals surface area contributed by atoms with Gasteiger partial charge in [0.05, 0.1) is 19.8 Å². The van der Waals surface area contributed by atoms with Gasteiger partial charge in [0, 0.05) is 26.2 Å². The first-order chi connectivity index (χ1) is 13.3. The van der Waals surface area contributed by atoms with Crippen LogP contribution in [0.1, 0.15) is 17.8 Å². The van der Waals surface area contributed by atoms with Crippen molar-refractivity contribution in [1.29, 1.82) is 0 Å². The molecule has 0 spiro atoms. The number of aliphatic imine (C=N–C) groups is 1. The zero-order valence-electron chi connectivity index (χ0n) is 15.6. The topological polar surface area (TPSA) is 85.1 Å². The summed E-state index contributed by atoms with van der Waals surface area (Å²) >= 11 is 0. The number of hydrogen-bond donors (Lipinski definition) is 2. The lowest BCUT2D eigenvalue weighted by atomic mass is 10.2. The second-order valence-corrected chi connectivity index (χ2v) is 6.16. The Bertz CT molecular complexity index is 959. The molecule has 28 heavy (non-hydrogen) atoms. The molecule has 0 unspecified atom stereocenters. The fourth-order valence-electron chi connectivity index (χ4n) is 2.90.